The summed E-state index contributed by atoms with van der Waals surface area (Å²) in [5, 5.41) is 14.1. The van der Waals surface area contributed by atoms with Crippen molar-refractivity contribution in [1.29, 1.82) is 0 Å². The minimum atomic E-state index is -1.38. The summed E-state index contributed by atoms with van der Waals surface area (Å²) in [6.07, 6.45) is -1.79. The lowest BCUT2D eigenvalue weighted by atomic mass is 9.98. The number of hydrogen-bond donors (Lipinski definition) is 1. The van der Waals surface area contributed by atoms with Crippen molar-refractivity contribution in [2.45, 2.75) is 122 Å². The molecular formula is C28H51N3O11. The lowest BCUT2D eigenvalue weighted by Crippen LogP contribution is -2.58. The quantitative estimate of drug-likeness (QED) is 0.0450. The molecule has 4 unspecified atom stereocenters. The lowest BCUT2D eigenvalue weighted by Gasteiger charge is -2.42. The van der Waals surface area contributed by atoms with Crippen LogP contribution < -0.4 is 0 Å². The number of ether oxygens (including phenoxy) is 8. The number of esters is 2. The van der Waals surface area contributed by atoms with E-state index in [1.54, 1.807) is 6.92 Å². The Morgan fingerprint density at radius 3 is 2.26 bits per heavy atom. The van der Waals surface area contributed by atoms with Gasteiger partial charge in [-0.3, -0.25) is 4.79 Å². The van der Waals surface area contributed by atoms with Gasteiger partial charge in [-0.1, -0.05) is 45.1 Å². The molecule has 0 amide bonds. The van der Waals surface area contributed by atoms with E-state index in [1.807, 2.05) is 20.8 Å². The number of carbonyl (C=O) groups is 2. The fourth-order valence-electron chi connectivity index (χ4n) is 4.27. The third-order valence-corrected chi connectivity index (χ3v) is 6.65. The number of nitrogens with zero attached hydrogens (tertiary/aromatic N) is 3. The zero-order chi connectivity index (χ0) is 31.3. The predicted molar refractivity (Wildman–Crippen MR) is 152 cm³/mol. The molecule has 42 heavy (non-hydrogen) atoms. The first-order valence-corrected chi connectivity index (χ1v) is 14.9. The van der Waals surface area contributed by atoms with E-state index in [1.165, 1.54) is 14.0 Å². The van der Waals surface area contributed by atoms with Gasteiger partial charge in [0.1, 0.15) is 24.9 Å². The molecule has 8 atom stereocenters. The van der Waals surface area contributed by atoms with Crippen molar-refractivity contribution in [2.24, 2.45) is 5.11 Å². The van der Waals surface area contributed by atoms with Crippen LogP contribution in [0.3, 0.4) is 0 Å². The maximum atomic E-state index is 13.0. The third kappa shape index (κ3) is 13.5. The number of unbranched alkanes of at least 4 members (excludes halogenated alkanes) is 3. The minimum absolute atomic E-state index is 0.00202. The minimum Gasteiger partial charge on any atom is -0.467 e. The van der Waals surface area contributed by atoms with Crippen molar-refractivity contribution in [1.82, 2.24) is 0 Å². The highest BCUT2D eigenvalue weighted by Crippen LogP contribution is 2.27. The Morgan fingerprint density at radius 2 is 1.69 bits per heavy atom. The Bertz CT molecular complexity index is 799. The highest BCUT2D eigenvalue weighted by Gasteiger charge is 2.45. The van der Waals surface area contributed by atoms with Crippen molar-refractivity contribution < 1.29 is 52.6 Å². The summed E-state index contributed by atoms with van der Waals surface area (Å²) in [4.78, 5) is 27.5. The molecule has 0 radical (unpaired) electrons. The fraction of sp³-hybridized carbons (Fsp3) is 0.929. The number of carbonyl (C=O) groups excluding carboxylic acids is 2. The number of methoxy groups -OCH3 is 1. The topological polar surface area (TPSA) is 177 Å². The number of aliphatic hydroxyl groups excluding tert-OH is 1. The second-order valence-electron chi connectivity index (χ2n) is 10.0. The molecule has 0 aromatic rings. The van der Waals surface area contributed by atoms with Gasteiger partial charge in [-0.05, 0) is 31.7 Å². The molecule has 1 rings (SSSR count). The Hall–Kier alpha value is -2.03. The van der Waals surface area contributed by atoms with Gasteiger partial charge in [0.15, 0.2) is 12.4 Å². The Balaban J connectivity index is 3.32. The maximum absolute atomic E-state index is 13.0. The Kier molecular flexibility index (Phi) is 20.4. The monoisotopic (exact) mass is 605 g/mol. The molecule has 14 nitrogen and oxygen atoms in total. The summed E-state index contributed by atoms with van der Waals surface area (Å²) in [6.45, 7) is 9.44. The first-order chi connectivity index (χ1) is 20.3. The van der Waals surface area contributed by atoms with Crippen LogP contribution in [0.15, 0.2) is 5.11 Å². The molecule has 0 aliphatic carbocycles. The molecule has 0 aromatic heterocycles. The van der Waals surface area contributed by atoms with Gasteiger partial charge in [0, 0.05) is 31.7 Å². The third-order valence-electron chi connectivity index (χ3n) is 6.65. The maximum Gasteiger partial charge on any atom is 0.337 e. The van der Waals surface area contributed by atoms with Crippen LogP contribution in [0.4, 0.5) is 0 Å². The fourth-order valence-corrected chi connectivity index (χ4v) is 4.27. The van der Waals surface area contributed by atoms with Gasteiger partial charge in [-0.2, -0.15) is 0 Å². The SMILES string of the molecule is CCCCOC1[C@@H](OC(CO)OC(C(=O)OC)[C@@H](OCCCC)[C@H](C)OCCCC)C(COC(C)=O)OC[C@H]1N=[N+]=[N-]. The second kappa shape index (κ2) is 22.5. The van der Waals surface area contributed by atoms with Gasteiger partial charge in [-0.25, -0.2) is 4.79 Å². The van der Waals surface area contributed by atoms with Crippen LogP contribution in [-0.4, -0.2) is 113 Å². The largest absolute Gasteiger partial charge is 0.467 e. The van der Waals surface area contributed by atoms with Crippen LogP contribution >= 0.6 is 0 Å². The predicted octanol–water partition coefficient (Wildman–Crippen LogP) is 3.46. The average molecular weight is 606 g/mol. The van der Waals surface area contributed by atoms with Crippen LogP contribution in [0.1, 0.15) is 73.1 Å². The van der Waals surface area contributed by atoms with Crippen molar-refractivity contribution in [3.63, 3.8) is 0 Å². The lowest BCUT2D eigenvalue weighted by molar-refractivity contribution is -0.283. The van der Waals surface area contributed by atoms with E-state index in [0.29, 0.717) is 19.8 Å². The standard InChI is InChI=1S/C28H51N3O11/c1-7-10-13-36-19(4)24(37-14-11-8-2)27(28(34)35-6)42-23(16-32)41-26-22(18-39-20(5)33)40-17-21(30-31-29)25(26)38-15-12-9-3/h19,21-27,32H,7-18H2,1-6H3/t19-,21+,22?,23?,24-,25?,26-,27?/m0/s1. The molecule has 244 valence electrons. The molecule has 1 aliphatic rings. The van der Waals surface area contributed by atoms with Crippen LogP contribution in [0, 0.1) is 0 Å². The Labute approximate surface area is 249 Å². The van der Waals surface area contributed by atoms with E-state index in [4.69, 9.17) is 43.4 Å². The van der Waals surface area contributed by atoms with Crippen molar-refractivity contribution in [3.05, 3.63) is 10.4 Å². The summed E-state index contributed by atoms with van der Waals surface area (Å²) >= 11 is 0. The normalized spacial score (nSPS) is 23.3. The van der Waals surface area contributed by atoms with Crippen molar-refractivity contribution in [2.75, 3.05) is 46.8 Å². The molecule has 0 bridgehead atoms. The van der Waals surface area contributed by atoms with Gasteiger partial charge in [0.05, 0.1) is 38.6 Å². The van der Waals surface area contributed by atoms with Crippen LogP contribution in [-0.2, 0) is 47.5 Å². The molecular weight excluding hydrogens is 554 g/mol. The van der Waals surface area contributed by atoms with E-state index in [9.17, 15) is 14.7 Å². The van der Waals surface area contributed by atoms with Gasteiger partial charge in [0.25, 0.3) is 0 Å². The molecule has 1 fully saturated rings. The number of azide groups is 1. The van der Waals surface area contributed by atoms with Crippen LogP contribution in [0.2, 0.25) is 0 Å². The zero-order valence-corrected chi connectivity index (χ0v) is 26.0. The Morgan fingerprint density at radius 1 is 1.05 bits per heavy atom. The van der Waals surface area contributed by atoms with Crippen molar-refractivity contribution >= 4 is 11.9 Å². The number of aliphatic hydroxyl groups is 1. The molecule has 0 aromatic carbocycles. The van der Waals surface area contributed by atoms with Gasteiger partial charge >= 0.3 is 11.9 Å². The summed E-state index contributed by atoms with van der Waals surface area (Å²) < 4.78 is 46.4. The van der Waals surface area contributed by atoms with E-state index in [-0.39, 0.29) is 13.2 Å². The smallest absolute Gasteiger partial charge is 0.337 e. The van der Waals surface area contributed by atoms with E-state index >= 15 is 0 Å². The summed E-state index contributed by atoms with van der Waals surface area (Å²) in [6, 6.07) is -0.765. The molecule has 0 saturated carbocycles. The first kappa shape index (κ1) is 38.0. The highest BCUT2D eigenvalue weighted by molar-refractivity contribution is 5.75. The summed E-state index contributed by atoms with van der Waals surface area (Å²) in [7, 11) is 1.23. The van der Waals surface area contributed by atoms with Crippen LogP contribution in [0.25, 0.3) is 10.4 Å². The summed E-state index contributed by atoms with van der Waals surface area (Å²) in [5.41, 5.74) is 9.15. The number of rotatable bonds is 23. The van der Waals surface area contributed by atoms with E-state index < -0.39 is 67.5 Å². The average Bonchev–Trinajstić information content (AvgIpc) is 2.98. The van der Waals surface area contributed by atoms with E-state index in [0.717, 1.165) is 38.5 Å². The van der Waals surface area contributed by atoms with E-state index in [2.05, 4.69) is 10.0 Å². The molecule has 14 heteroatoms. The highest BCUT2D eigenvalue weighted by atomic mass is 16.7. The zero-order valence-electron chi connectivity index (χ0n) is 26.0. The molecule has 1 heterocycles. The molecule has 1 saturated heterocycles. The van der Waals surface area contributed by atoms with Crippen LogP contribution in [0.5, 0.6) is 0 Å². The van der Waals surface area contributed by atoms with Gasteiger partial charge < -0.3 is 43.0 Å². The first-order valence-electron chi connectivity index (χ1n) is 14.9. The van der Waals surface area contributed by atoms with Gasteiger partial charge in [0.2, 0.25) is 0 Å². The summed E-state index contributed by atoms with van der Waals surface area (Å²) in [5.74, 6) is -1.26. The van der Waals surface area contributed by atoms with Gasteiger partial charge in [-0.15, -0.1) is 0 Å². The second-order valence-corrected chi connectivity index (χ2v) is 10.0. The molecule has 1 aliphatic heterocycles. The van der Waals surface area contributed by atoms with Crippen molar-refractivity contribution in [3.8, 4) is 0 Å². The molecule has 1 N–H and O–H groups in total. The number of hydrogen-bond acceptors (Lipinski definition) is 12. The molecule has 0 spiro atoms.